The van der Waals surface area contributed by atoms with E-state index in [0.29, 0.717) is 12.0 Å². The van der Waals surface area contributed by atoms with E-state index in [-0.39, 0.29) is 5.56 Å². The summed E-state index contributed by atoms with van der Waals surface area (Å²) < 4.78 is 0. The first-order chi connectivity index (χ1) is 6.61. The van der Waals surface area contributed by atoms with Crippen LogP contribution in [0.4, 0.5) is 0 Å². The number of H-pyrrole nitrogens is 1. The van der Waals surface area contributed by atoms with Gasteiger partial charge in [0.1, 0.15) is 5.56 Å². The number of allylic oxidation sites excluding steroid dienone is 2. The van der Waals surface area contributed by atoms with Crippen LogP contribution in [0.25, 0.3) is 5.57 Å². The topological polar surface area (TPSA) is 70.2 Å². The summed E-state index contributed by atoms with van der Waals surface area (Å²) in [5.74, 6) is -1.19. The number of nitrogens with one attached hydrogen (secondary N) is 1. The van der Waals surface area contributed by atoms with Gasteiger partial charge in [-0.2, -0.15) is 0 Å². The molecule has 0 spiro atoms. The van der Waals surface area contributed by atoms with E-state index in [1.165, 1.54) is 6.20 Å². The Kier molecular flexibility index (Phi) is 1.77. The predicted molar refractivity (Wildman–Crippen MR) is 51.4 cm³/mol. The van der Waals surface area contributed by atoms with E-state index in [2.05, 4.69) is 4.98 Å². The number of fused-ring (bicyclic) bond motifs is 1. The van der Waals surface area contributed by atoms with Crippen LogP contribution in [-0.4, -0.2) is 16.1 Å². The molecule has 4 heteroatoms. The molecule has 0 saturated carbocycles. The summed E-state index contributed by atoms with van der Waals surface area (Å²) in [6.45, 7) is 1.81. The molecule has 1 aliphatic carbocycles. The quantitative estimate of drug-likeness (QED) is 0.696. The Morgan fingerprint density at radius 1 is 1.57 bits per heavy atom. The molecule has 72 valence electrons. The average Bonchev–Trinajstić information content (AvgIpc) is 2.48. The third-order valence-corrected chi connectivity index (χ3v) is 2.40. The molecule has 0 amide bonds. The number of aromatic amines is 1. The van der Waals surface area contributed by atoms with Crippen LogP contribution in [0, 0.1) is 0 Å². The van der Waals surface area contributed by atoms with Crippen LogP contribution < -0.4 is 5.43 Å². The fourth-order valence-corrected chi connectivity index (χ4v) is 1.66. The van der Waals surface area contributed by atoms with Gasteiger partial charge in [-0.05, 0) is 12.5 Å². The minimum absolute atomic E-state index is 0.196. The van der Waals surface area contributed by atoms with Crippen molar-refractivity contribution < 1.29 is 9.90 Å². The van der Waals surface area contributed by atoms with E-state index >= 15 is 0 Å². The second-order valence-corrected chi connectivity index (χ2v) is 3.28. The van der Waals surface area contributed by atoms with Crippen LogP contribution in [0.3, 0.4) is 0 Å². The summed E-state index contributed by atoms with van der Waals surface area (Å²) >= 11 is 0. The number of aromatic nitrogens is 1. The van der Waals surface area contributed by atoms with Crippen molar-refractivity contribution in [3.05, 3.63) is 39.3 Å². The molecule has 0 saturated heterocycles. The first-order valence-electron chi connectivity index (χ1n) is 4.26. The highest BCUT2D eigenvalue weighted by Crippen LogP contribution is 2.21. The molecule has 1 aromatic rings. The predicted octanol–water partition coefficient (Wildman–Crippen LogP) is 1.03. The molecule has 1 heterocycles. The number of aromatic carboxylic acids is 1. The highest BCUT2D eigenvalue weighted by atomic mass is 16.4. The van der Waals surface area contributed by atoms with Gasteiger partial charge < -0.3 is 10.1 Å². The number of pyridine rings is 1. The zero-order valence-electron chi connectivity index (χ0n) is 7.63. The van der Waals surface area contributed by atoms with Crippen molar-refractivity contribution in [1.29, 1.82) is 0 Å². The van der Waals surface area contributed by atoms with Crippen LogP contribution in [0.2, 0.25) is 0 Å². The normalized spacial score (nSPS) is 13.6. The molecule has 0 aromatic carbocycles. The van der Waals surface area contributed by atoms with Crippen LogP contribution >= 0.6 is 0 Å². The maximum atomic E-state index is 11.7. The van der Waals surface area contributed by atoms with Crippen molar-refractivity contribution in [2.24, 2.45) is 0 Å². The SMILES string of the molecule is CC1=CCc2[nH]cc(C(=O)O)c(=O)c21. The Morgan fingerprint density at radius 2 is 2.29 bits per heavy atom. The lowest BCUT2D eigenvalue weighted by atomic mass is 10.1. The zero-order chi connectivity index (χ0) is 10.3. The summed E-state index contributed by atoms with van der Waals surface area (Å²) in [6, 6.07) is 0. The van der Waals surface area contributed by atoms with Gasteiger partial charge in [-0.1, -0.05) is 6.08 Å². The van der Waals surface area contributed by atoms with E-state index in [1.807, 2.05) is 13.0 Å². The van der Waals surface area contributed by atoms with Crippen LogP contribution in [0.1, 0.15) is 28.5 Å². The second kappa shape index (κ2) is 2.83. The van der Waals surface area contributed by atoms with Crippen molar-refractivity contribution in [3.8, 4) is 0 Å². The Bertz CT molecular complexity index is 497. The third kappa shape index (κ3) is 1.08. The molecule has 0 bridgehead atoms. The number of rotatable bonds is 1. The highest BCUT2D eigenvalue weighted by molar-refractivity contribution is 5.88. The van der Waals surface area contributed by atoms with E-state index in [0.717, 1.165) is 11.3 Å². The molecule has 0 atom stereocenters. The van der Waals surface area contributed by atoms with Gasteiger partial charge in [0.2, 0.25) is 5.43 Å². The standard InChI is InChI=1S/C10H9NO3/c1-5-2-3-7-8(5)9(12)6(4-11-7)10(13)14/h2,4H,3H2,1H3,(H,11,12)(H,13,14). The Morgan fingerprint density at radius 3 is 2.93 bits per heavy atom. The molecule has 0 aliphatic heterocycles. The molecule has 4 nitrogen and oxygen atoms in total. The molecule has 2 rings (SSSR count). The van der Waals surface area contributed by atoms with Gasteiger partial charge in [-0.15, -0.1) is 0 Å². The number of hydrogen-bond donors (Lipinski definition) is 2. The average molecular weight is 191 g/mol. The molecule has 14 heavy (non-hydrogen) atoms. The maximum absolute atomic E-state index is 11.7. The molecule has 1 aliphatic rings. The van der Waals surface area contributed by atoms with E-state index in [9.17, 15) is 9.59 Å². The van der Waals surface area contributed by atoms with Gasteiger partial charge in [0.05, 0.1) is 0 Å². The lowest BCUT2D eigenvalue weighted by Gasteiger charge is -2.01. The van der Waals surface area contributed by atoms with E-state index in [1.54, 1.807) is 0 Å². The molecule has 2 N–H and O–H groups in total. The number of hydrogen-bond acceptors (Lipinski definition) is 2. The number of carboxylic acids is 1. The smallest absolute Gasteiger partial charge is 0.341 e. The summed E-state index contributed by atoms with van der Waals surface area (Å²) in [4.78, 5) is 25.2. The van der Waals surface area contributed by atoms with Crippen LogP contribution in [0.15, 0.2) is 17.1 Å². The monoisotopic (exact) mass is 191 g/mol. The van der Waals surface area contributed by atoms with Gasteiger partial charge in [0, 0.05) is 23.9 Å². The Hall–Kier alpha value is -1.84. The van der Waals surface area contributed by atoms with Gasteiger partial charge in [0.25, 0.3) is 0 Å². The van der Waals surface area contributed by atoms with E-state index in [4.69, 9.17) is 5.11 Å². The van der Waals surface area contributed by atoms with Gasteiger partial charge in [0.15, 0.2) is 0 Å². The lowest BCUT2D eigenvalue weighted by molar-refractivity contribution is 0.0695. The first-order valence-corrected chi connectivity index (χ1v) is 4.26. The van der Waals surface area contributed by atoms with Crippen molar-refractivity contribution in [2.45, 2.75) is 13.3 Å². The minimum Gasteiger partial charge on any atom is -0.477 e. The van der Waals surface area contributed by atoms with Crippen LogP contribution in [-0.2, 0) is 6.42 Å². The largest absolute Gasteiger partial charge is 0.477 e. The zero-order valence-corrected chi connectivity index (χ0v) is 7.63. The first kappa shape index (κ1) is 8.74. The maximum Gasteiger partial charge on any atom is 0.341 e. The highest BCUT2D eigenvalue weighted by Gasteiger charge is 2.19. The van der Waals surface area contributed by atoms with Crippen LogP contribution in [0.5, 0.6) is 0 Å². The van der Waals surface area contributed by atoms with Crippen molar-refractivity contribution in [3.63, 3.8) is 0 Å². The minimum atomic E-state index is -1.19. The molecule has 0 fully saturated rings. The molecule has 0 radical (unpaired) electrons. The Labute approximate surface area is 79.9 Å². The van der Waals surface area contributed by atoms with Gasteiger partial charge >= 0.3 is 5.97 Å². The fraction of sp³-hybridized carbons (Fsp3) is 0.200. The molecule has 0 unspecified atom stereocenters. The number of carbonyl (C=O) groups is 1. The summed E-state index contributed by atoms with van der Waals surface area (Å²) in [5, 5.41) is 8.74. The Balaban J connectivity index is 2.74. The van der Waals surface area contributed by atoms with Gasteiger partial charge in [-0.25, -0.2) is 4.79 Å². The van der Waals surface area contributed by atoms with Crippen molar-refractivity contribution in [2.75, 3.05) is 0 Å². The summed E-state index contributed by atoms with van der Waals surface area (Å²) in [7, 11) is 0. The number of carboxylic acid groups (broad SMARTS) is 1. The molecular formula is C10H9NO3. The van der Waals surface area contributed by atoms with Crippen molar-refractivity contribution >= 4 is 11.5 Å². The summed E-state index contributed by atoms with van der Waals surface area (Å²) in [5.41, 5.74) is 1.59. The fourth-order valence-electron chi connectivity index (χ4n) is 1.66. The van der Waals surface area contributed by atoms with Gasteiger partial charge in [-0.3, -0.25) is 4.79 Å². The molecular weight excluding hydrogens is 182 g/mol. The third-order valence-electron chi connectivity index (χ3n) is 2.40. The van der Waals surface area contributed by atoms with Crippen molar-refractivity contribution in [1.82, 2.24) is 4.98 Å². The van der Waals surface area contributed by atoms with E-state index < -0.39 is 11.4 Å². The second-order valence-electron chi connectivity index (χ2n) is 3.28. The molecule has 1 aromatic heterocycles. The lowest BCUT2D eigenvalue weighted by Crippen LogP contribution is -2.19. The summed E-state index contributed by atoms with van der Waals surface area (Å²) in [6.07, 6.45) is 3.85.